The van der Waals surface area contributed by atoms with Crippen LogP contribution in [0.5, 0.6) is 5.88 Å². The lowest BCUT2D eigenvalue weighted by molar-refractivity contribution is -0.139. The molecule has 1 N–H and O–H groups in total. The Labute approximate surface area is 77.3 Å². The van der Waals surface area contributed by atoms with Gasteiger partial charge in [0.1, 0.15) is 5.56 Å². The van der Waals surface area contributed by atoms with E-state index in [1.807, 2.05) is 0 Å². The molecule has 0 unspecified atom stereocenters. The molecule has 0 aliphatic heterocycles. The van der Waals surface area contributed by atoms with Gasteiger partial charge in [-0.25, -0.2) is 0 Å². The van der Waals surface area contributed by atoms with Crippen molar-refractivity contribution < 1.29 is 17.9 Å². The van der Waals surface area contributed by atoms with E-state index >= 15 is 0 Å². The highest BCUT2D eigenvalue weighted by molar-refractivity contribution is 7.71. The number of aromatic nitrogens is 1. The molecule has 6 heteroatoms. The Kier molecular flexibility index (Phi) is 2.60. The molecule has 0 aliphatic carbocycles. The first-order valence-corrected chi connectivity index (χ1v) is 3.70. The lowest BCUT2D eigenvalue weighted by Gasteiger charge is -2.10. The van der Waals surface area contributed by atoms with Crippen LogP contribution in [0.3, 0.4) is 0 Å². The number of nitrogens with one attached hydrogen (secondary N) is 1. The van der Waals surface area contributed by atoms with Gasteiger partial charge in [-0.05, 0) is 6.07 Å². The summed E-state index contributed by atoms with van der Waals surface area (Å²) in [6.07, 6.45) is -3.18. The number of methoxy groups -OCH3 is 1. The minimum atomic E-state index is -4.49. The van der Waals surface area contributed by atoms with Crippen molar-refractivity contribution in [3.63, 3.8) is 0 Å². The molecule has 0 aromatic carbocycles. The van der Waals surface area contributed by atoms with E-state index < -0.39 is 11.7 Å². The van der Waals surface area contributed by atoms with Crippen molar-refractivity contribution in [2.45, 2.75) is 6.18 Å². The highest BCUT2D eigenvalue weighted by Gasteiger charge is 2.36. The maximum atomic E-state index is 12.3. The average Bonchev–Trinajstić information content (AvgIpc) is 2.01. The van der Waals surface area contributed by atoms with Gasteiger partial charge in [0.25, 0.3) is 0 Å². The summed E-state index contributed by atoms with van der Waals surface area (Å²) in [4.78, 5) is 2.33. The lowest BCUT2D eigenvalue weighted by atomic mass is 10.2. The van der Waals surface area contributed by atoms with E-state index in [-0.39, 0.29) is 10.4 Å². The van der Waals surface area contributed by atoms with Crippen molar-refractivity contribution in [2.75, 3.05) is 7.11 Å². The zero-order chi connectivity index (χ0) is 10.1. The largest absolute Gasteiger partial charge is 0.482 e. The summed E-state index contributed by atoms with van der Waals surface area (Å²) in [5, 5.41) is 0. The normalized spacial score (nSPS) is 11.4. The van der Waals surface area contributed by atoms with Gasteiger partial charge in [-0.2, -0.15) is 13.2 Å². The summed E-state index contributed by atoms with van der Waals surface area (Å²) in [6, 6.07) is 1.17. The number of aromatic amines is 1. The number of alkyl halides is 3. The van der Waals surface area contributed by atoms with Crippen molar-refractivity contribution in [1.82, 2.24) is 4.98 Å². The number of ether oxygens (including phenoxy) is 1. The second-order valence-electron chi connectivity index (χ2n) is 2.25. The van der Waals surface area contributed by atoms with E-state index in [0.29, 0.717) is 0 Å². The van der Waals surface area contributed by atoms with Crippen molar-refractivity contribution in [3.8, 4) is 5.88 Å². The van der Waals surface area contributed by atoms with Gasteiger partial charge in [-0.1, -0.05) is 12.2 Å². The van der Waals surface area contributed by atoms with Crippen molar-refractivity contribution in [1.29, 1.82) is 0 Å². The molecule has 1 heterocycles. The molecule has 0 atom stereocenters. The van der Waals surface area contributed by atoms with Crippen LogP contribution >= 0.6 is 12.2 Å². The first kappa shape index (κ1) is 10.0. The van der Waals surface area contributed by atoms with Gasteiger partial charge in [0, 0.05) is 6.20 Å². The standard InChI is InChI=1S/C7H6F3NOS/c1-12-6-5(7(8,9)10)4(13)2-3-11-6/h2-3H,1H3,(H,11,13). The summed E-state index contributed by atoms with van der Waals surface area (Å²) >= 11 is 4.53. The van der Waals surface area contributed by atoms with Crippen LogP contribution in [0.25, 0.3) is 0 Å². The van der Waals surface area contributed by atoms with Crippen molar-refractivity contribution in [3.05, 3.63) is 22.3 Å². The van der Waals surface area contributed by atoms with Crippen LogP contribution in [-0.2, 0) is 6.18 Å². The third-order valence-corrected chi connectivity index (χ3v) is 1.75. The van der Waals surface area contributed by atoms with Crippen LogP contribution in [0.2, 0.25) is 0 Å². The third kappa shape index (κ3) is 2.00. The average molecular weight is 209 g/mol. The Hall–Kier alpha value is -1.04. The Bertz CT molecular complexity index is 357. The summed E-state index contributed by atoms with van der Waals surface area (Å²) in [5.74, 6) is -0.361. The Morgan fingerprint density at radius 1 is 1.46 bits per heavy atom. The quantitative estimate of drug-likeness (QED) is 0.719. The molecule has 13 heavy (non-hydrogen) atoms. The maximum Gasteiger partial charge on any atom is 0.422 e. The Morgan fingerprint density at radius 2 is 2.08 bits per heavy atom. The highest BCUT2D eigenvalue weighted by atomic mass is 32.1. The Morgan fingerprint density at radius 3 is 2.46 bits per heavy atom. The molecule has 0 saturated heterocycles. The lowest BCUT2D eigenvalue weighted by Crippen LogP contribution is -2.09. The van der Waals surface area contributed by atoms with E-state index in [1.54, 1.807) is 0 Å². The molecule has 72 valence electrons. The van der Waals surface area contributed by atoms with Gasteiger partial charge < -0.3 is 9.72 Å². The van der Waals surface area contributed by atoms with Crippen LogP contribution in [0.1, 0.15) is 5.56 Å². The van der Waals surface area contributed by atoms with Crippen molar-refractivity contribution >= 4 is 12.2 Å². The highest BCUT2D eigenvalue weighted by Crippen LogP contribution is 2.35. The van der Waals surface area contributed by atoms with Gasteiger partial charge in [-0.3, -0.25) is 0 Å². The second kappa shape index (κ2) is 3.37. The zero-order valence-electron chi connectivity index (χ0n) is 6.61. The fourth-order valence-electron chi connectivity index (χ4n) is 0.890. The van der Waals surface area contributed by atoms with Gasteiger partial charge >= 0.3 is 6.18 Å². The van der Waals surface area contributed by atoms with Gasteiger partial charge in [0.2, 0.25) is 5.88 Å². The number of H-pyrrole nitrogens is 1. The van der Waals surface area contributed by atoms with Crippen LogP contribution in [0.15, 0.2) is 12.3 Å². The van der Waals surface area contributed by atoms with Crippen LogP contribution in [-0.4, -0.2) is 12.1 Å². The summed E-state index contributed by atoms with van der Waals surface area (Å²) in [7, 11) is 1.15. The zero-order valence-corrected chi connectivity index (χ0v) is 7.42. The third-order valence-electron chi connectivity index (χ3n) is 1.41. The molecule has 1 rings (SSSR count). The fourth-order valence-corrected chi connectivity index (χ4v) is 1.17. The summed E-state index contributed by atoms with van der Waals surface area (Å²) in [5.41, 5.74) is -0.938. The number of halogens is 3. The molecule has 0 fully saturated rings. The van der Waals surface area contributed by atoms with Crippen LogP contribution < -0.4 is 4.74 Å². The molecular formula is C7H6F3NOS. The van der Waals surface area contributed by atoms with Crippen molar-refractivity contribution in [2.24, 2.45) is 0 Å². The SMILES string of the molecule is COc1[nH]ccc(=S)c1C(F)(F)F. The minimum Gasteiger partial charge on any atom is -0.482 e. The molecular weight excluding hydrogens is 203 g/mol. The molecule has 0 amide bonds. The Balaban J connectivity index is 3.41. The monoisotopic (exact) mass is 209 g/mol. The summed E-state index contributed by atoms with van der Waals surface area (Å²) in [6.45, 7) is 0. The van der Waals surface area contributed by atoms with E-state index in [2.05, 4.69) is 21.9 Å². The predicted octanol–water partition coefficient (Wildman–Crippen LogP) is 2.77. The van der Waals surface area contributed by atoms with Crippen LogP contribution in [0.4, 0.5) is 13.2 Å². The number of rotatable bonds is 1. The van der Waals surface area contributed by atoms with E-state index in [0.717, 1.165) is 7.11 Å². The molecule has 0 radical (unpaired) electrons. The molecule has 1 aromatic heterocycles. The van der Waals surface area contributed by atoms with E-state index in [4.69, 9.17) is 0 Å². The minimum absolute atomic E-state index is 0.275. The fraction of sp³-hybridized carbons (Fsp3) is 0.286. The number of pyridine rings is 1. The van der Waals surface area contributed by atoms with Gasteiger partial charge in [-0.15, -0.1) is 0 Å². The van der Waals surface area contributed by atoms with Gasteiger partial charge in [0.15, 0.2) is 0 Å². The first-order chi connectivity index (χ1) is 5.96. The predicted molar refractivity (Wildman–Crippen MR) is 43.2 cm³/mol. The second-order valence-corrected chi connectivity index (χ2v) is 2.69. The smallest absolute Gasteiger partial charge is 0.422 e. The maximum absolute atomic E-state index is 12.3. The van der Waals surface area contributed by atoms with Crippen LogP contribution in [0, 0.1) is 4.51 Å². The number of hydrogen-bond acceptors (Lipinski definition) is 2. The number of hydrogen-bond donors (Lipinski definition) is 1. The molecule has 0 aliphatic rings. The molecule has 2 nitrogen and oxygen atoms in total. The van der Waals surface area contributed by atoms with E-state index in [9.17, 15) is 13.2 Å². The first-order valence-electron chi connectivity index (χ1n) is 3.29. The molecule has 0 saturated carbocycles. The topological polar surface area (TPSA) is 25.0 Å². The summed E-state index contributed by atoms with van der Waals surface area (Å²) < 4.78 is 41.2. The van der Waals surface area contributed by atoms with Gasteiger partial charge in [0.05, 0.1) is 11.6 Å². The molecule has 0 spiro atoms. The van der Waals surface area contributed by atoms with E-state index in [1.165, 1.54) is 12.3 Å². The molecule has 0 bridgehead atoms. The molecule has 1 aromatic rings.